The van der Waals surface area contributed by atoms with Gasteiger partial charge >= 0.3 is 12.1 Å². The zero-order chi connectivity index (χ0) is 30.8. The van der Waals surface area contributed by atoms with Gasteiger partial charge in [0.05, 0.1) is 12.0 Å². The summed E-state index contributed by atoms with van der Waals surface area (Å²) in [5, 5.41) is 10.6. The first-order valence-electron chi connectivity index (χ1n) is 13.5. The lowest BCUT2D eigenvalue weighted by Crippen LogP contribution is -2.33. The number of rotatable bonds is 11. The van der Waals surface area contributed by atoms with Crippen LogP contribution in [-0.2, 0) is 27.9 Å². The minimum atomic E-state index is -5.08. The lowest BCUT2D eigenvalue weighted by atomic mass is 10.00. The topological polar surface area (TPSA) is 108 Å². The van der Waals surface area contributed by atoms with Crippen LogP contribution in [0.15, 0.2) is 71.6 Å². The van der Waals surface area contributed by atoms with Crippen LogP contribution < -0.4 is 14.8 Å². The average Bonchev–Trinajstić information content (AvgIpc) is 3.47. The number of ether oxygens (including phenoxy) is 1. The lowest BCUT2D eigenvalue weighted by molar-refractivity contribution is -0.192. The van der Waals surface area contributed by atoms with Crippen LogP contribution in [0.2, 0.25) is 0 Å². The minimum Gasteiger partial charge on any atom is -0.496 e. The van der Waals surface area contributed by atoms with Crippen molar-refractivity contribution >= 4 is 16.0 Å². The molecule has 4 rings (SSSR count). The third-order valence-corrected chi connectivity index (χ3v) is 8.32. The molecule has 12 heteroatoms. The molecule has 3 aromatic carbocycles. The number of halogens is 3. The highest BCUT2D eigenvalue weighted by Gasteiger charge is 2.38. The Balaban J connectivity index is 0.000000616. The smallest absolute Gasteiger partial charge is 0.490 e. The highest BCUT2D eigenvalue weighted by molar-refractivity contribution is 7.89. The molecule has 1 saturated heterocycles. The standard InChI is InChI=1S/C28H35N3O3S.C2HF3O2/c1-22-18-25(11-13-28(22)35(32,33)30-14-17-31-15-6-7-16-31)26-19-24(10-12-27(26)34-2)21-29-20-23-8-4-3-5-9-23;3-2(4,5)1(6)7/h3-5,8-13,18-19,29-30H,6-7,14-17,20-21H2,1-2H3;(H,6,7). The van der Waals surface area contributed by atoms with E-state index in [0.717, 1.165) is 55.2 Å². The molecule has 8 nitrogen and oxygen atoms in total. The van der Waals surface area contributed by atoms with Gasteiger partial charge in [-0.25, -0.2) is 17.9 Å². The van der Waals surface area contributed by atoms with Gasteiger partial charge in [0.25, 0.3) is 0 Å². The van der Waals surface area contributed by atoms with Crippen molar-refractivity contribution in [2.45, 2.75) is 43.9 Å². The third-order valence-electron chi connectivity index (χ3n) is 6.70. The summed E-state index contributed by atoms with van der Waals surface area (Å²) >= 11 is 0. The van der Waals surface area contributed by atoms with Crippen molar-refractivity contribution in [2.24, 2.45) is 0 Å². The van der Waals surface area contributed by atoms with Crippen molar-refractivity contribution in [2.75, 3.05) is 33.3 Å². The number of likely N-dealkylation sites (tertiary alicyclic amines) is 1. The SMILES string of the molecule is COc1ccc(CNCc2ccccc2)cc1-c1ccc(S(=O)(=O)NCCN2CCCC2)c(C)c1.O=C(O)C(F)(F)F. The van der Waals surface area contributed by atoms with E-state index in [1.165, 1.54) is 18.4 Å². The second-order valence-corrected chi connectivity index (χ2v) is 11.6. The Morgan fingerprint density at radius 3 is 2.21 bits per heavy atom. The molecule has 0 atom stereocenters. The molecule has 0 saturated carbocycles. The van der Waals surface area contributed by atoms with Gasteiger partial charge in [0.1, 0.15) is 5.75 Å². The number of nitrogens with zero attached hydrogens (tertiary/aromatic N) is 1. The van der Waals surface area contributed by atoms with E-state index in [2.05, 4.69) is 39.2 Å². The Kier molecular flexibility index (Phi) is 11.9. The molecule has 1 heterocycles. The predicted molar refractivity (Wildman–Crippen MR) is 155 cm³/mol. The monoisotopic (exact) mass is 607 g/mol. The number of sulfonamides is 1. The van der Waals surface area contributed by atoms with Crippen LogP contribution in [-0.4, -0.2) is 63.9 Å². The normalized spacial score (nSPS) is 13.8. The van der Waals surface area contributed by atoms with E-state index in [9.17, 15) is 21.6 Å². The van der Waals surface area contributed by atoms with Crippen molar-refractivity contribution in [1.29, 1.82) is 0 Å². The number of hydrogen-bond acceptors (Lipinski definition) is 6. The molecule has 3 N–H and O–H groups in total. The van der Waals surface area contributed by atoms with E-state index in [0.29, 0.717) is 17.0 Å². The van der Waals surface area contributed by atoms with Gasteiger partial charge in [0, 0.05) is 31.7 Å². The van der Waals surface area contributed by atoms with Gasteiger partial charge in [0.15, 0.2) is 0 Å². The van der Waals surface area contributed by atoms with Gasteiger partial charge in [0.2, 0.25) is 10.0 Å². The summed E-state index contributed by atoms with van der Waals surface area (Å²) in [6.07, 6.45) is -2.69. The molecular weight excluding hydrogens is 571 g/mol. The Bertz CT molecular complexity index is 1430. The van der Waals surface area contributed by atoms with Gasteiger partial charge < -0.3 is 20.1 Å². The van der Waals surface area contributed by atoms with Crippen molar-refractivity contribution in [3.8, 4) is 16.9 Å². The molecule has 0 bridgehead atoms. The molecule has 0 unspecified atom stereocenters. The first-order valence-corrected chi connectivity index (χ1v) is 14.9. The quantitative estimate of drug-likeness (QED) is 0.283. The highest BCUT2D eigenvalue weighted by atomic mass is 32.2. The van der Waals surface area contributed by atoms with Gasteiger partial charge in [-0.3, -0.25) is 0 Å². The van der Waals surface area contributed by atoms with Crippen LogP contribution in [0.1, 0.15) is 29.5 Å². The number of alkyl halides is 3. The molecule has 1 aliphatic rings. The summed E-state index contributed by atoms with van der Waals surface area (Å²) in [6.45, 7) is 6.64. The second-order valence-electron chi connectivity index (χ2n) is 9.85. The molecule has 0 spiro atoms. The third kappa shape index (κ3) is 9.83. The maximum Gasteiger partial charge on any atom is 0.490 e. The molecule has 0 aromatic heterocycles. The zero-order valence-electron chi connectivity index (χ0n) is 23.6. The molecular formula is C30H36F3N3O5S. The Labute approximate surface area is 244 Å². The Morgan fingerprint density at radius 1 is 0.976 bits per heavy atom. The summed E-state index contributed by atoms with van der Waals surface area (Å²) in [7, 11) is -1.91. The predicted octanol–water partition coefficient (Wildman–Crippen LogP) is 4.97. The van der Waals surface area contributed by atoms with E-state index >= 15 is 0 Å². The van der Waals surface area contributed by atoms with Crippen LogP contribution in [0.25, 0.3) is 11.1 Å². The summed E-state index contributed by atoms with van der Waals surface area (Å²) < 4.78 is 66.0. The summed E-state index contributed by atoms with van der Waals surface area (Å²) in [5.41, 5.74) is 4.96. The molecule has 0 aliphatic carbocycles. The van der Waals surface area contributed by atoms with Crippen LogP contribution in [0.5, 0.6) is 5.75 Å². The van der Waals surface area contributed by atoms with Crippen molar-refractivity contribution < 1.29 is 36.2 Å². The average molecular weight is 608 g/mol. The van der Waals surface area contributed by atoms with Gasteiger partial charge in [-0.05, 0) is 79.4 Å². The van der Waals surface area contributed by atoms with Crippen molar-refractivity contribution in [3.05, 3.63) is 83.4 Å². The van der Waals surface area contributed by atoms with Gasteiger partial charge in [-0.2, -0.15) is 13.2 Å². The van der Waals surface area contributed by atoms with Crippen molar-refractivity contribution in [1.82, 2.24) is 14.9 Å². The molecule has 1 fully saturated rings. The minimum absolute atomic E-state index is 0.322. The van der Waals surface area contributed by atoms with Crippen LogP contribution in [0.3, 0.4) is 0 Å². The second kappa shape index (κ2) is 15.1. The molecule has 1 aliphatic heterocycles. The maximum absolute atomic E-state index is 12.9. The molecule has 0 amide bonds. The summed E-state index contributed by atoms with van der Waals surface area (Å²) in [5.74, 6) is -2.00. The molecule has 0 radical (unpaired) electrons. The van der Waals surface area contributed by atoms with Gasteiger partial charge in [-0.15, -0.1) is 0 Å². The van der Waals surface area contributed by atoms with E-state index in [-0.39, 0.29) is 0 Å². The first-order chi connectivity index (χ1) is 19.9. The summed E-state index contributed by atoms with van der Waals surface area (Å²) in [4.78, 5) is 11.5. The van der Waals surface area contributed by atoms with Crippen molar-refractivity contribution in [3.63, 3.8) is 0 Å². The molecule has 42 heavy (non-hydrogen) atoms. The van der Waals surface area contributed by atoms with Gasteiger partial charge in [-0.1, -0.05) is 42.5 Å². The van der Waals surface area contributed by atoms with E-state index in [4.69, 9.17) is 14.6 Å². The Morgan fingerprint density at radius 2 is 1.62 bits per heavy atom. The molecule has 3 aromatic rings. The number of aryl methyl sites for hydroxylation is 1. The zero-order valence-corrected chi connectivity index (χ0v) is 24.4. The van der Waals surface area contributed by atoms with E-state index in [1.807, 2.05) is 43.3 Å². The van der Waals surface area contributed by atoms with Crippen LogP contribution >= 0.6 is 0 Å². The molecule has 228 valence electrons. The summed E-state index contributed by atoms with van der Waals surface area (Å²) in [6, 6.07) is 21.9. The number of carboxylic acids is 1. The number of methoxy groups -OCH3 is 1. The first kappa shape index (κ1) is 33.1. The van der Waals surface area contributed by atoms with E-state index in [1.54, 1.807) is 13.2 Å². The highest BCUT2D eigenvalue weighted by Crippen LogP contribution is 2.33. The van der Waals surface area contributed by atoms with Crippen LogP contribution in [0.4, 0.5) is 13.2 Å². The lowest BCUT2D eigenvalue weighted by Gasteiger charge is -2.16. The number of nitrogens with one attached hydrogen (secondary N) is 2. The largest absolute Gasteiger partial charge is 0.496 e. The number of aliphatic carboxylic acids is 1. The van der Waals surface area contributed by atoms with Crippen LogP contribution in [0, 0.1) is 6.92 Å². The number of hydrogen-bond donors (Lipinski definition) is 3. The van der Waals surface area contributed by atoms with E-state index < -0.39 is 22.2 Å². The number of carboxylic acid groups (broad SMARTS) is 1. The fraction of sp³-hybridized carbons (Fsp3) is 0.367. The Hall–Kier alpha value is -3.45. The fourth-order valence-corrected chi connectivity index (χ4v) is 5.82. The fourth-order valence-electron chi connectivity index (χ4n) is 4.58. The number of benzene rings is 3. The number of carbonyl (C=O) groups is 1. The maximum atomic E-state index is 12.9.